The van der Waals surface area contributed by atoms with E-state index in [0.717, 1.165) is 31.7 Å². The number of hydrogen-bond donors (Lipinski definition) is 0. The minimum atomic E-state index is -0.874. The van der Waals surface area contributed by atoms with Gasteiger partial charge in [-0.3, -0.25) is 9.69 Å². The molecule has 0 amide bonds. The number of piperidine rings is 1. The first-order chi connectivity index (χ1) is 13.0. The van der Waals surface area contributed by atoms with Crippen molar-refractivity contribution in [3.05, 3.63) is 29.8 Å². The minimum absolute atomic E-state index is 0.0449. The smallest absolute Gasteiger partial charge is 0.308 e. The molecule has 2 bridgehead atoms. The van der Waals surface area contributed by atoms with Gasteiger partial charge in [0.15, 0.2) is 5.60 Å². The van der Waals surface area contributed by atoms with Gasteiger partial charge in [-0.15, -0.1) is 0 Å². The number of hydrogen-bond acceptors (Lipinski definition) is 7. The SMILES string of the molecule is COc1ccc(CN2CC[C@@H]3CC(=O)O[C@H]4O[C@]5(C)CC[C@H]2[C@]34OO5)cc1. The Kier molecular flexibility index (Phi) is 3.98. The molecule has 5 heterocycles. The highest BCUT2D eigenvalue weighted by Gasteiger charge is 2.68. The van der Waals surface area contributed by atoms with Crippen LogP contribution in [0.25, 0.3) is 0 Å². The molecular weight excluding hydrogens is 350 g/mol. The van der Waals surface area contributed by atoms with Gasteiger partial charge in [-0.1, -0.05) is 12.1 Å². The van der Waals surface area contributed by atoms with E-state index in [0.29, 0.717) is 12.8 Å². The largest absolute Gasteiger partial charge is 0.497 e. The van der Waals surface area contributed by atoms with Crippen LogP contribution in [0, 0.1) is 5.92 Å². The highest BCUT2D eigenvalue weighted by molar-refractivity contribution is 5.71. The molecule has 0 aliphatic carbocycles. The summed E-state index contributed by atoms with van der Waals surface area (Å²) in [6.07, 6.45) is 2.05. The number of fused-ring (bicyclic) bond motifs is 2. The molecule has 0 radical (unpaired) electrons. The third-order valence-electron chi connectivity index (χ3n) is 6.52. The zero-order valence-corrected chi connectivity index (χ0v) is 15.7. The van der Waals surface area contributed by atoms with Gasteiger partial charge < -0.3 is 14.2 Å². The van der Waals surface area contributed by atoms with E-state index < -0.39 is 17.7 Å². The normalized spacial score (nSPS) is 40.8. The third-order valence-corrected chi connectivity index (χ3v) is 6.52. The molecule has 0 saturated carbocycles. The standard InChI is InChI=1S/C20H25NO6/c1-19-9-7-16-20(27-26-19)14(11-17(22)24-18(20)25-19)8-10-21(16)12-13-3-5-15(23-2)6-4-13/h3-6,14,16,18H,7-12H2,1-2H3/t14-,16+,18+,19+,20-/m1/s1. The second kappa shape index (κ2) is 6.17. The zero-order valence-electron chi connectivity index (χ0n) is 15.7. The lowest BCUT2D eigenvalue weighted by Crippen LogP contribution is -2.72. The fourth-order valence-corrected chi connectivity index (χ4v) is 5.08. The van der Waals surface area contributed by atoms with E-state index in [9.17, 15) is 4.79 Å². The Morgan fingerprint density at radius 1 is 1.22 bits per heavy atom. The van der Waals surface area contributed by atoms with Crippen LogP contribution in [0.1, 0.15) is 38.2 Å². The van der Waals surface area contributed by atoms with Crippen molar-refractivity contribution in [3.8, 4) is 5.75 Å². The molecule has 5 saturated heterocycles. The fraction of sp³-hybridized carbons (Fsp3) is 0.650. The zero-order chi connectivity index (χ0) is 18.6. The molecule has 7 nitrogen and oxygen atoms in total. The van der Waals surface area contributed by atoms with E-state index in [1.165, 1.54) is 5.56 Å². The first-order valence-electron chi connectivity index (χ1n) is 9.63. The predicted molar refractivity (Wildman–Crippen MR) is 93.4 cm³/mol. The maximum Gasteiger partial charge on any atom is 0.308 e. The summed E-state index contributed by atoms with van der Waals surface area (Å²) in [6.45, 7) is 3.55. The average molecular weight is 375 g/mol. The molecule has 6 rings (SSSR count). The fourth-order valence-electron chi connectivity index (χ4n) is 5.08. The number of benzene rings is 1. The molecule has 5 atom stereocenters. The third kappa shape index (κ3) is 2.68. The van der Waals surface area contributed by atoms with E-state index in [-0.39, 0.29) is 17.9 Å². The number of ether oxygens (including phenoxy) is 3. The molecule has 0 unspecified atom stereocenters. The summed E-state index contributed by atoms with van der Waals surface area (Å²) >= 11 is 0. The van der Waals surface area contributed by atoms with Gasteiger partial charge in [-0.2, -0.15) is 0 Å². The molecule has 5 fully saturated rings. The summed E-state index contributed by atoms with van der Waals surface area (Å²) < 4.78 is 17.0. The van der Waals surface area contributed by atoms with Crippen LogP contribution in [0.5, 0.6) is 5.75 Å². The van der Waals surface area contributed by atoms with E-state index in [1.54, 1.807) is 7.11 Å². The lowest BCUT2D eigenvalue weighted by atomic mass is 9.70. The molecule has 1 aromatic carbocycles. The molecule has 27 heavy (non-hydrogen) atoms. The second-order valence-corrected chi connectivity index (χ2v) is 8.16. The number of carbonyl (C=O) groups excluding carboxylic acids is 1. The summed E-state index contributed by atoms with van der Waals surface area (Å²) in [4.78, 5) is 26.3. The number of carbonyl (C=O) groups is 1. The molecule has 0 aromatic heterocycles. The number of esters is 1. The van der Waals surface area contributed by atoms with Crippen molar-refractivity contribution in [2.24, 2.45) is 5.92 Å². The first-order valence-corrected chi connectivity index (χ1v) is 9.63. The molecule has 0 N–H and O–H groups in total. The van der Waals surface area contributed by atoms with Crippen LogP contribution in [-0.2, 0) is 30.6 Å². The summed E-state index contributed by atoms with van der Waals surface area (Å²) in [6, 6.07) is 8.21. The number of likely N-dealkylation sites (tertiary alicyclic amines) is 1. The van der Waals surface area contributed by atoms with Gasteiger partial charge in [0.25, 0.3) is 0 Å². The second-order valence-electron chi connectivity index (χ2n) is 8.16. The number of rotatable bonds is 3. The van der Waals surface area contributed by atoms with Crippen molar-refractivity contribution in [1.82, 2.24) is 4.90 Å². The maximum atomic E-state index is 12.1. The lowest BCUT2D eigenvalue weighted by Gasteiger charge is -2.57. The average Bonchev–Trinajstić information content (AvgIpc) is 2.89. The van der Waals surface area contributed by atoms with Crippen molar-refractivity contribution < 1.29 is 28.8 Å². The summed E-state index contributed by atoms with van der Waals surface area (Å²) in [7, 11) is 1.67. The Balaban J connectivity index is 1.47. The van der Waals surface area contributed by atoms with Gasteiger partial charge in [-0.25, -0.2) is 9.78 Å². The molecule has 1 aromatic rings. The maximum absolute atomic E-state index is 12.1. The Labute approximate surface area is 158 Å². The Bertz CT molecular complexity index is 738. The van der Waals surface area contributed by atoms with Crippen molar-refractivity contribution in [2.45, 2.75) is 62.9 Å². The summed E-state index contributed by atoms with van der Waals surface area (Å²) in [5.74, 6) is -0.191. The van der Waals surface area contributed by atoms with Crippen LogP contribution in [-0.4, -0.2) is 48.2 Å². The topological polar surface area (TPSA) is 66.5 Å². The van der Waals surface area contributed by atoms with Gasteiger partial charge in [0.05, 0.1) is 13.5 Å². The Hall–Kier alpha value is -1.67. The van der Waals surface area contributed by atoms with Crippen LogP contribution in [0.2, 0.25) is 0 Å². The van der Waals surface area contributed by atoms with Crippen LogP contribution in [0.3, 0.4) is 0 Å². The number of nitrogens with zero attached hydrogens (tertiary/aromatic N) is 1. The summed E-state index contributed by atoms with van der Waals surface area (Å²) in [5, 5.41) is 0. The van der Waals surface area contributed by atoms with E-state index in [2.05, 4.69) is 17.0 Å². The van der Waals surface area contributed by atoms with Gasteiger partial charge in [-0.05, 0) is 44.0 Å². The van der Waals surface area contributed by atoms with Crippen molar-refractivity contribution in [3.63, 3.8) is 0 Å². The lowest BCUT2D eigenvalue weighted by molar-refractivity contribution is -0.555. The van der Waals surface area contributed by atoms with E-state index in [1.807, 2.05) is 19.1 Å². The van der Waals surface area contributed by atoms with Crippen LogP contribution < -0.4 is 4.74 Å². The van der Waals surface area contributed by atoms with Crippen LogP contribution in [0.15, 0.2) is 24.3 Å². The first kappa shape index (κ1) is 17.4. The molecule has 1 spiro atoms. The Morgan fingerprint density at radius 3 is 2.81 bits per heavy atom. The monoisotopic (exact) mass is 375 g/mol. The van der Waals surface area contributed by atoms with E-state index >= 15 is 0 Å². The summed E-state index contributed by atoms with van der Waals surface area (Å²) in [5.41, 5.74) is 0.455. The van der Waals surface area contributed by atoms with Gasteiger partial charge in [0.1, 0.15) is 5.75 Å². The number of methoxy groups -OCH3 is 1. The Morgan fingerprint density at radius 2 is 2.04 bits per heavy atom. The van der Waals surface area contributed by atoms with Crippen molar-refractivity contribution >= 4 is 5.97 Å². The molecule has 146 valence electrons. The minimum Gasteiger partial charge on any atom is -0.497 e. The quantitative estimate of drug-likeness (QED) is 0.594. The van der Waals surface area contributed by atoms with Crippen LogP contribution in [0.4, 0.5) is 0 Å². The van der Waals surface area contributed by atoms with E-state index in [4.69, 9.17) is 24.0 Å². The van der Waals surface area contributed by atoms with Crippen molar-refractivity contribution in [1.29, 1.82) is 0 Å². The molecular formula is C20H25NO6. The predicted octanol–water partition coefficient (Wildman–Crippen LogP) is 2.39. The van der Waals surface area contributed by atoms with Crippen molar-refractivity contribution in [2.75, 3.05) is 13.7 Å². The highest BCUT2D eigenvalue weighted by atomic mass is 17.3. The van der Waals surface area contributed by atoms with Crippen LogP contribution >= 0.6 is 0 Å². The van der Waals surface area contributed by atoms with Gasteiger partial charge in [0, 0.05) is 24.9 Å². The molecule has 5 aliphatic rings. The molecule has 5 aliphatic heterocycles. The molecule has 7 heteroatoms. The highest BCUT2D eigenvalue weighted by Crippen LogP contribution is 2.54. The van der Waals surface area contributed by atoms with Gasteiger partial charge in [0.2, 0.25) is 12.1 Å². The van der Waals surface area contributed by atoms with Gasteiger partial charge >= 0.3 is 5.97 Å².